The molecule has 0 spiro atoms. The number of nitrogens with zero attached hydrogens (tertiary/aromatic N) is 1. The number of carboxylic acid groups (broad SMARTS) is 1. The second kappa shape index (κ2) is 9.95. The number of carboxylic acids is 1. The highest BCUT2D eigenvalue weighted by atomic mass is 32.2. The molecule has 10 nitrogen and oxygen atoms in total. The van der Waals surface area contributed by atoms with Crippen molar-refractivity contribution in [2.24, 2.45) is 0 Å². The topological polar surface area (TPSA) is 150 Å². The molecule has 0 saturated carbocycles. The Labute approximate surface area is 190 Å². The number of nitrogens with one attached hydrogen (secondary N) is 2. The number of rotatable bonds is 9. The fraction of sp³-hybridized carbons (Fsp3) is 0.300. The summed E-state index contributed by atoms with van der Waals surface area (Å²) in [5.74, 6) is -2.29. The lowest BCUT2D eigenvalue weighted by Crippen LogP contribution is -2.43. The van der Waals surface area contributed by atoms with Gasteiger partial charge in [-0.25, -0.2) is 25.9 Å². The van der Waals surface area contributed by atoms with Crippen molar-refractivity contribution >= 4 is 37.6 Å². The Balaban J connectivity index is 1.69. The Hall–Kier alpha value is -2.87. The summed E-state index contributed by atoms with van der Waals surface area (Å²) in [6, 6.07) is 8.54. The zero-order valence-electron chi connectivity index (χ0n) is 17.3. The van der Waals surface area contributed by atoms with E-state index in [1.54, 1.807) is 0 Å². The lowest BCUT2D eigenvalue weighted by atomic mass is 10.2. The Morgan fingerprint density at radius 2 is 1.61 bits per heavy atom. The van der Waals surface area contributed by atoms with Crippen LogP contribution in [0, 0.1) is 5.82 Å². The molecule has 33 heavy (non-hydrogen) atoms. The van der Waals surface area contributed by atoms with E-state index < -0.39 is 43.8 Å². The molecular formula is C20H22FN3O7S2. The van der Waals surface area contributed by atoms with Gasteiger partial charge in [0, 0.05) is 18.8 Å². The van der Waals surface area contributed by atoms with E-state index in [0.717, 1.165) is 28.6 Å². The van der Waals surface area contributed by atoms with Gasteiger partial charge in [-0.1, -0.05) is 0 Å². The molecule has 3 N–H and O–H groups in total. The van der Waals surface area contributed by atoms with E-state index in [0.29, 0.717) is 12.8 Å². The fourth-order valence-electron chi connectivity index (χ4n) is 3.35. The third-order valence-corrected chi connectivity index (χ3v) is 8.39. The van der Waals surface area contributed by atoms with Crippen LogP contribution in [0.1, 0.15) is 19.3 Å². The number of anilines is 1. The van der Waals surface area contributed by atoms with Crippen LogP contribution in [0.2, 0.25) is 0 Å². The standard InChI is InChI=1S/C20H22FN3O7S2/c21-14-3-7-17(8-4-14)33(30,31)24-13-1-2-18(24)20(27)23-15-5-9-16(10-6-15)32(28,29)22-12-11-19(25)26/h3-10,18,22H,1-2,11-13H2,(H,23,27)(H,25,26)/t18-/m1/s1. The van der Waals surface area contributed by atoms with E-state index in [9.17, 15) is 30.8 Å². The van der Waals surface area contributed by atoms with Crippen molar-refractivity contribution < 1.29 is 35.9 Å². The number of halogens is 1. The molecule has 1 saturated heterocycles. The maximum absolute atomic E-state index is 13.2. The second-order valence-electron chi connectivity index (χ2n) is 7.28. The van der Waals surface area contributed by atoms with Crippen LogP contribution < -0.4 is 10.0 Å². The molecule has 0 radical (unpaired) electrons. The Bertz CT molecular complexity index is 1230. The van der Waals surface area contributed by atoms with Gasteiger partial charge in [-0.05, 0) is 61.4 Å². The maximum Gasteiger partial charge on any atom is 0.304 e. The number of carbonyl (C=O) groups excluding carboxylic acids is 1. The van der Waals surface area contributed by atoms with Crippen molar-refractivity contribution in [3.8, 4) is 0 Å². The quantitative estimate of drug-likeness (QED) is 0.472. The van der Waals surface area contributed by atoms with E-state index in [1.807, 2.05) is 0 Å². The molecule has 0 bridgehead atoms. The first-order chi connectivity index (χ1) is 15.5. The third kappa shape index (κ3) is 5.93. The molecule has 0 aliphatic carbocycles. The molecule has 0 unspecified atom stereocenters. The number of amides is 1. The average Bonchev–Trinajstić information content (AvgIpc) is 3.25. The van der Waals surface area contributed by atoms with E-state index in [4.69, 9.17) is 5.11 Å². The van der Waals surface area contributed by atoms with Crippen LogP contribution in [0.3, 0.4) is 0 Å². The van der Waals surface area contributed by atoms with Crippen molar-refractivity contribution in [3.05, 3.63) is 54.3 Å². The average molecular weight is 500 g/mol. The van der Waals surface area contributed by atoms with Gasteiger partial charge in [0.2, 0.25) is 26.0 Å². The van der Waals surface area contributed by atoms with E-state index in [2.05, 4.69) is 10.0 Å². The molecule has 1 heterocycles. The molecule has 1 amide bonds. The molecule has 13 heteroatoms. The minimum atomic E-state index is -4.01. The van der Waals surface area contributed by atoms with Crippen LogP contribution in [-0.2, 0) is 29.6 Å². The SMILES string of the molecule is O=C(O)CCNS(=O)(=O)c1ccc(NC(=O)[C@H]2CCCN2S(=O)(=O)c2ccc(F)cc2)cc1. The molecule has 1 fully saturated rings. The zero-order valence-corrected chi connectivity index (χ0v) is 18.9. The highest BCUT2D eigenvalue weighted by Crippen LogP contribution is 2.27. The van der Waals surface area contributed by atoms with Gasteiger partial charge in [0.05, 0.1) is 16.2 Å². The van der Waals surface area contributed by atoms with Crippen molar-refractivity contribution in [2.75, 3.05) is 18.4 Å². The first kappa shape index (κ1) is 24.8. The summed E-state index contributed by atoms with van der Waals surface area (Å²) in [5.41, 5.74) is 0.260. The van der Waals surface area contributed by atoms with Gasteiger partial charge in [0.1, 0.15) is 11.9 Å². The number of hydrogen-bond acceptors (Lipinski definition) is 6. The van der Waals surface area contributed by atoms with Gasteiger partial charge in [0.25, 0.3) is 0 Å². The molecule has 0 aromatic heterocycles. The summed E-state index contributed by atoms with van der Waals surface area (Å²) < 4.78 is 66.6. The van der Waals surface area contributed by atoms with E-state index in [-0.39, 0.29) is 35.0 Å². The summed E-state index contributed by atoms with van der Waals surface area (Å²) >= 11 is 0. The van der Waals surface area contributed by atoms with Crippen molar-refractivity contribution in [1.29, 1.82) is 0 Å². The minimum absolute atomic E-state index is 0.117. The van der Waals surface area contributed by atoms with Crippen molar-refractivity contribution in [1.82, 2.24) is 9.03 Å². The van der Waals surface area contributed by atoms with Crippen LogP contribution in [0.4, 0.5) is 10.1 Å². The highest BCUT2D eigenvalue weighted by molar-refractivity contribution is 7.89. The lowest BCUT2D eigenvalue weighted by molar-refractivity contribution is -0.136. The molecule has 1 atom stereocenters. The highest BCUT2D eigenvalue weighted by Gasteiger charge is 2.39. The molecule has 3 rings (SSSR count). The monoisotopic (exact) mass is 499 g/mol. The molecule has 178 valence electrons. The van der Waals surface area contributed by atoms with Crippen LogP contribution >= 0.6 is 0 Å². The number of hydrogen-bond donors (Lipinski definition) is 3. The van der Waals surface area contributed by atoms with Crippen LogP contribution in [-0.4, -0.2) is 57.3 Å². The zero-order chi connectivity index (χ0) is 24.2. The Kier molecular flexibility index (Phi) is 7.47. The number of sulfonamides is 2. The molecule has 1 aliphatic rings. The lowest BCUT2D eigenvalue weighted by Gasteiger charge is -2.23. The van der Waals surface area contributed by atoms with Gasteiger partial charge in [0.15, 0.2) is 0 Å². The summed E-state index contributed by atoms with van der Waals surface area (Å²) in [6.45, 7) is -0.132. The Morgan fingerprint density at radius 3 is 2.21 bits per heavy atom. The normalized spacial score (nSPS) is 17.1. The van der Waals surface area contributed by atoms with Gasteiger partial charge < -0.3 is 10.4 Å². The predicted molar refractivity (Wildman–Crippen MR) is 116 cm³/mol. The van der Waals surface area contributed by atoms with E-state index in [1.165, 1.54) is 24.3 Å². The molecule has 2 aromatic carbocycles. The van der Waals surface area contributed by atoms with Crippen LogP contribution in [0.15, 0.2) is 58.3 Å². The van der Waals surface area contributed by atoms with Gasteiger partial charge in [-0.15, -0.1) is 0 Å². The fourth-order valence-corrected chi connectivity index (χ4v) is 6.04. The third-order valence-electron chi connectivity index (χ3n) is 4.99. The maximum atomic E-state index is 13.2. The van der Waals surface area contributed by atoms with Crippen LogP contribution in [0.25, 0.3) is 0 Å². The summed E-state index contributed by atoms with van der Waals surface area (Å²) in [7, 11) is -7.93. The van der Waals surface area contributed by atoms with Crippen molar-refractivity contribution in [2.45, 2.75) is 35.1 Å². The van der Waals surface area contributed by atoms with Gasteiger partial charge >= 0.3 is 5.97 Å². The number of carbonyl (C=O) groups is 2. The van der Waals surface area contributed by atoms with Gasteiger partial charge in [-0.3, -0.25) is 9.59 Å². The van der Waals surface area contributed by atoms with Crippen molar-refractivity contribution in [3.63, 3.8) is 0 Å². The smallest absolute Gasteiger partial charge is 0.304 e. The molecule has 1 aliphatic heterocycles. The molecule has 2 aromatic rings. The number of aliphatic carboxylic acids is 1. The van der Waals surface area contributed by atoms with Crippen LogP contribution in [0.5, 0.6) is 0 Å². The Morgan fingerprint density at radius 1 is 1.00 bits per heavy atom. The minimum Gasteiger partial charge on any atom is -0.481 e. The predicted octanol–water partition coefficient (Wildman–Crippen LogP) is 1.37. The summed E-state index contributed by atoms with van der Waals surface area (Å²) in [5, 5.41) is 11.2. The summed E-state index contributed by atoms with van der Waals surface area (Å²) in [4.78, 5) is 23.1. The number of benzene rings is 2. The second-order valence-corrected chi connectivity index (χ2v) is 10.9. The summed E-state index contributed by atoms with van der Waals surface area (Å²) in [6.07, 6.45) is 0.399. The van der Waals surface area contributed by atoms with Gasteiger partial charge in [-0.2, -0.15) is 4.31 Å². The molecular weight excluding hydrogens is 477 g/mol. The van der Waals surface area contributed by atoms with E-state index >= 15 is 0 Å². The first-order valence-corrected chi connectivity index (χ1v) is 12.8. The first-order valence-electron chi connectivity index (χ1n) is 9.90. The largest absolute Gasteiger partial charge is 0.481 e.